The zero-order valence-electron chi connectivity index (χ0n) is 13.8. The molecule has 2 rings (SSSR count). The molecule has 8 heteroatoms. The van der Waals surface area contributed by atoms with Gasteiger partial charge in [0, 0.05) is 11.9 Å². The van der Waals surface area contributed by atoms with E-state index < -0.39 is 28.4 Å². The van der Waals surface area contributed by atoms with Crippen molar-refractivity contribution in [3.05, 3.63) is 59.9 Å². The van der Waals surface area contributed by atoms with Gasteiger partial charge in [-0.15, -0.1) is 11.8 Å². The summed E-state index contributed by atoms with van der Waals surface area (Å²) in [6, 6.07) is 11.9. The van der Waals surface area contributed by atoms with Gasteiger partial charge in [0.1, 0.15) is 19.0 Å². The van der Waals surface area contributed by atoms with Gasteiger partial charge in [0.15, 0.2) is 0 Å². The van der Waals surface area contributed by atoms with E-state index >= 15 is 0 Å². The van der Waals surface area contributed by atoms with Crippen molar-refractivity contribution in [1.82, 2.24) is 4.31 Å². The van der Waals surface area contributed by atoms with Crippen LogP contribution in [0.25, 0.3) is 0 Å². The highest BCUT2D eigenvalue weighted by Gasteiger charge is 2.23. The number of likely N-dealkylation sites (N-methyl/N-ethyl adjacent to an activating group) is 1. The average Bonchev–Trinajstić information content (AvgIpc) is 2.60. The number of benzene rings is 2. The van der Waals surface area contributed by atoms with Crippen LogP contribution in [0.15, 0.2) is 58.3 Å². The van der Waals surface area contributed by atoms with Gasteiger partial charge in [0.05, 0.1) is 4.90 Å². The Morgan fingerprint density at radius 3 is 2.28 bits per heavy atom. The lowest BCUT2D eigenvalue weighted by Gasteiger charge is -2.16. The molecule has 0 aliphatic rings. The summed E-state index contributed by atoms with van der Waals surface area (Å²) in [6.45, 7) is -0.361. The molecule has 25 heavy (non-hydrogen) atoms. The molecule has 0 aliphatic heterocycles. The van der Waals surface area contributed by atoms with E-state index in [9.17, 15) is 17.6 Å². The van der Waals surface area contributed by atoms with Gasteiger partial charge in [-0.1, -0.05) is 12.1 Å². The fraction of sp³-hybridized carbons (Fsp3) is 0.235. The van der Waals surface area contributed by atoms with Crippen LogP contribution < -0.4 is 0 Å². The first-order valence-corrected chi connectivity index (χ1v) is 10.00. The third kappa shape index (κ3) is 5.29. The fourth-order valence-electron chi connectivity index (χ4n) is 1.98. The second-order valence-corrected chi connectivity index (χ2v) is 8.15. The highest BCUT2D eigenvalue weighted by Crippen LogP contribution is 2.16. The molecule has 0 unspecified atom stereocenters. The molecule has 134 valence electrons. The highest BCUT2D eigenvalue weighted by molar-refractivity contribution is 7.98. The Morgan fingerprint density at radius 2 is 1.72 bits per heavy atom. The summed E-state index contributed by atoms with van der Waals surface area (Å²) in [5, 5.41) is 0. The normalized spacial score (nSPS) is 11.5. The van der Waals surface area contributed by atoms with Gasteiger partial charge in [0.2, 0.25) is 10.0 Å². The Kier molecular flexibility index (Phi) is 6.57. The summed E-state index contributed by atoms with van der Waals surface area (Å²) in [6.07, 6.45) is 1.96. The lowest BCUT2D eigenvalue weighted by Crippen LogP contribution is -2.33. The van der Waals surface area contributed by atoms with Crippen molar-refractivity contribution in [2.45, 2.75) is 16.4 Å². The van der Waals surface area contributed by atoms with Gasteiger partial charge in [0.25, 0.3) is 0 Å². The van der Waals surface area contributed by atoms with Crippen molar-refractivity contribution in [2.75, 3.05) is 19.8 Å². The van der Waals surface area contributed by atoms with Gasteiger partial charge < -0.3 is 4.74 Å². The molecule has 0 N–H and O–H groups in total. The molecule has 2 aromatic carbocycles. The Bertz CT molecular complexity index is 821. The average molecular weight is 383 g/mol. The van der Waals surface area contributed by atoms with Crippen molar-refractivity contribution in [3.8, 4) is 0 Å². The zero-order valence-corrected chi connectivity index (χ0v) is 15.4. The Labute approximate surface area is 150 Å². The molecule has 5 nitrogen and oxygen atoms in total. The standard InChI is InChI=1S/C17H18FNO4S2/c1-19(25(21,22)16-9-5-14(18)6-10-16)11-17(20)23-12-13-3-7-15(24-2)8-4-13/h3-10H,11-12H2,1-2H3. The van der Waals surface area contributed by atoms with E-state index in [2.05, 4.69) is 0 Å². The predicted octanol–water partition coefficient (Wildman–Crippen LogP) is 2.91. The molecule has 0 radical (unpaired) electrons. The Balaban J connectivity index is 1.93. The van der Waals surface area contributed by atoms with Crippen LogP contribution in [0.4, 0.5) is 4.39 Å². The largest absolute Gasteiger partial charge is 0.460 e. The van der Waals surface area contributed by atoms with Crippen LogP contribution in [0.1, 0.15) is 5.56 Å². The number of ether oxygens (including phenoxy) is 1. The molecule has 0 fully saturated rings. The van der Waals surface area contributed by atoms with Crippen LogP contribution in [0, 0.1) is 5.82 Å². The molecule has 0 aromatic heterocycles. The van der Waals surface area contributed by atoms with E-state index in [4.69, 9.17) is 4.74 Å². The molecule has 0 saturated heterocycles. The first-order valence-electron chi connectivity index (χ1n) is 7.33. The van der Waals surface area contributed by atoms with Crippen LogP contribution in [-0.2, 0) is 26.2 Å². The van der Waals surface area contributed by atoms with Gasteiger partial charge in [-0.2, -0.15) is 4.31 Å². The van der Waals surface area contributed by atoms with Gasteiger partial charge >= 0.3 is 5.97 Å². The van der Waals surface area contributed by atoms with Crippen molar-refractivity contribution in [1.29, 1.82) is 0 Å². The molecule has 0 amide bonds. The number of halogens is 1. The molecule has 0 atom stereocenters. The monoisotopic (exact) mass is 383 g/mol. The van der Waals surface area contributed by atoms with E-state index in [0.29, 0.717) is 0 Å². The number of thioether (sulfide) groups is 1. The quantitative estimate of drug-likeness (QED) is 0.543. The van der Waals surface area contributed by atoms with Crippen molar-refractivity contribution in [3.63, 3.8) is 0 Å². The van der Waals surface area contributed by atoms with Gasteiger partial charge in [-0.3, -0.25) is 4.79 Å². The Morgan fingerprint density at radius 1 is 1.12 bits per heavy atom. The maximum Gasteiger partial charge on any atom is 0.321 e. The predicted molar refractivity (Wildman–Crippen MR) is 94.2 cm³/mol. The molecule has 0 saturated carbocycles. The van der Waals surface area contributed by atoms with E-state index in [0.717, 1.165) is 39.0 Å². The third-order valence-electron chi connectivity index (χ3n) is 3.43. The first kappa shape index (κ1) is 19.4. The molecule has 0 bridgehead atoms. The molecule has 0 aliphatic carbocycles. The summed E-state index contributed by atoms with van der Waals surface area (Å²) in [7, 11) is -2.61. The van der Waals surface area contributed by atoms with Crippen molar-refractivity contribution >= 4 is 27.8 Å². The highest BCUT2D eigenvalue weighted by atomic mass is 32.2. The van der Waals surface area contributed by atoms with E-state index in [1.54, 1.807) is 11.8 Å². The number of hydrogen-bond donors (Lipinski definition) is 0. The second kappa shape index (κ2) is 8.46. The topological polar surface area (TPSA) is 63.7 Å². The van der Waals surface area contributed by atoms with Crippen molar-refractivity contribution < 1.29 is 22.3 Å². The summed E-state index contributed by atoms with van der Waals surface area (Å²) >= 11 is 1.61. The second-order valence-electron chi connectivity index (χ2n) is 5.22. The number of nitrogens with zero attached hydrogens (tertiary/aromatic N) is 1. The van der Waals surface area contributed by atoms with Gasteiger partial charge in [-0.05, 0) is 48.2 Å². The first-order chi connectivity index (χ1) is 11.8. The number of carbonyl (C=O) groups is 1. The maximum absolute atomic E-state index is 12.9. The summed E-state index contributed by atoms with van der Waals surface area (Å²) in [5.41, 5.74) is 0.815. The fourth-order valence-corrected chi connectivity index (χ4v) is 3.51. The van der Waals surface area contributed by atoms with E-state index in [1.165, 1.54) is 7.05 Å². The number of sulfonamides is 1. The van der Waals surface area contributed by atoms with Crippen LogP contribution in [0.3, 0.4) is 0 Å². The van der Waals surface area contributed by atoms with Crippen LogP contribution in [0.2, 0.25) is 0 Å². The lowest BCUT2D eigenvalue weighted by atomic mass is 10.2. The molecular weight excluding hydrogens is 365 g/mol. The molecule has 2 aromatic rings. The van der Waals surface area contributed by atoms with E-state index in [1.807, 2.05) is 30.5 Å². The molecule has 0 spiro atoms. The number of esters is 1. The lowest BCUT2D eigenvalue weighted by molar-refractivity contribution is -0.144. The van der Waals surface area contributed by atoms with Gasteiger partial charge in [-0.25, -0.2) is 12.8 Å². The number of hydrogen-bond acceptors (Lipinski definition) is 5. The summed E-state index contributed by atoms with van der Waals surface area (Å²) < 4.78 is 43.5. The van der Waals surface area contributed by atoms with E-state index in [-0.39, 0.29) is 11.5 Å². The number of rotatable bonds is 7. The summed E-state index contributed by atoms with van der Waals surface area (Å²) in [5.74, 6) is -1.20. The molecular formula is C17H18FNO4S2. The zero-order chi connectivity index (χ0) is 18.4. The van der Waals surface area contributed by atoms with Crippen LogP contribution in [-0.4, -0.2) is 38.5 Å². The number of carbonyl (C=O) groups excluding carboxylic acids is 1. The minimum atomic E-state index is -3.88. The minimum absolute atomic E-state index is 0.0674. The summed E-state index contributed by atoms with van der Waals surface area (Å²) in [4.78, 5) is 12.9. The Hall–Kier alpha value is -1.90. The molecule has 0 heterocycles. The smallest absolute Gasteiger partial charge is 0.321 e. The van der Waals surface area contributed by atoms with Crippen molar-refractivity contribution in [2.24, 2.45) is 0 Å². The van der Waals surface area contributed by atoms with Crippen LogP contribution >= 0.6 is 11.8 Å². The minimum Gasteiger partial charge on any atom is -0.460 e. The maximum atomic E-state index is 12.9. The SMILES string of the molecule is CSc1ccc(COC(=O)CN(C)S(=O)(=O)c2ccc(F)cc2)cc1. The van der Waals surface area contributed by atoms with Crippen LogP contribution in [0.5, 0.6) is 0 Å². The third-order valence-corrected chi connectivity index (χ3v) is 5.99.